The fourth-order valence-corrected chi connectivity index (χ4v) is 3.35. The van der Waals surface area contributed by atoms with Gasteiger partial charge in [-0.2, -0.15) is 0 Å². The molecule has 0 aliphatic heterocycles. The summed E-state index contributed by atoms with van der Waals surface area (Å²) in [4.78, 5) is 25.6. The molecule has 2 atom stereocenters. The van der Waals surface area contributed by atoms with Crippen molar-refractivity contribution in [2.75, 3.05) is 25.6 Å². The maximum absolute atomic E-state index is 12.5. The zero-order valence-corrected chi connectivity index (χ0v) is 15.9. The van der Waals surface area contributed by atoms with Crippen molar-refractivity contribution >= 4 is 33.4 Å². The van der Waals surface area contributed by atoms with Gasteiger partial charge in [0, 0.05) is 26.0 Å². The Labute approximate surface area is 160 Å². The highest BCUT2D eigenvalue weighted by Gasteiger charge is 2.19. The van der Waals surface area contributed by atoms with Crippen molar-refractivity contribution in [2.24, 2.45) is 0 Å². The van der Waals surface area contributed by atoms with Crippen molar-refractivity contribution in [1.29, 1.82) is 0 Å². The number of amides is 1. The number of rotatable bonds is 8. The summed E-state index contributed by atoms with van der Waals surface area (Å²) in [6.07, 6.45) is 2.81. The smallest absolute Gasteiger partial charge is 0.271 e. The molecule has 0 unspecified atom stereocenters. The molecule has 3 N–H and O–H groups in total. The summed E-state index contributed by atoms with van der Waals surface area (Å²) < 4.78 is 6.00. The largest absolute Gasteiger partial charge is 0.392 e. The van der Waals surface area contributed by atoms with Crippen LogP contribution in [0.15, 0.2) is 36.0 Å². The van der Waals surface area contributed by atoms with E-state index in [1.54, 1.807) is 26.4 Å². The molecular weight excluding hydrogens is 366 g/mol. The molecule has 1 amide bonds. The Balaban J connectivity index is 1.91. The maximum atomic E-state index is 12.5. The molecule has 3 rings (SSSR count). The third-order valence-electron chi connectivity index (χ3n) is 3.80. The lowest BCUT2D eigenvalue weighted by Crippen LogP contribution is -2.31. The van der Waals surface area contributed by atoms with Gasteiger partial charge in [-0.05, 0) is 30.0 Å². The minimum atomic E-state index is -0.635. The molecule has 8 nitrogen and oxygen atoms in total. The van der Waals surface area contributed by atoms with Gasteiger partial charge >= 0.3 is 0 Å². The Kier molecular flexibility index (Phi) is 6.28. The van der Waals surface area contributed by atoms with E-state index in [0.717, 1.165) is 5.56 Å². The SMILES string of the molecule is COC[C@@H](Nc1nc(C(=O)NC[C@@H](C)O)c2sccc2n1)c1cccnc1. The van der Waals surface area contributed by atoms with Crippen LogP contribution in [0.25, 0.3) is 10.2 Å². The Morgan fingerprint density at radius 3 is 2.93 bits per heavy atom. The molecule has 0 aliphatic carbocycles. The molecule has 0 aliphatic rings. The van der Waals surface area contributed by atoms with Crippen molar-refractivity contribution in [2.45, 2.75) is 19.1 Å². The second-order valence-corrected chi connectivity index (χ2v) is 6.94. The number of hydrogen-bond acceptors (Lipinski definition) is 8. The van der Waals surface area contributed by atoms with Crippen LogP contribution in [0.2, 0.25) is 0 Å². The van der Waals surface area contributed by atoms with Crippen LogP contribution in [0.5, 0.6) is 0 Å². The van der Waals surface area contributed by atoms with E-state index in [1.165, 1.54) is 11.3 Å². The Bertz CT molecular complexity index is 900. The Morgan fingerprint density at radius 1 is 1.37 bits per heavy atom. The predicted molar refractivity (Wildman–Crippen MR) is 104 cm³/mol. The topological polar surface area (TPSA) is 109 Å². The number of nitrogens with zero attached hydrogens (tertiary/aromatic N) is 3. The van der Waals surface area contributed by atoms with Crippen molar-refractivity contribution in [3.05, 3.63) is 47.2 Å². The highest BCUT2D eigenvalue weighted by molar-refractivity contribution is 7.17. The van der Waals surface area contributed by atoms with E-state index in [0.29, 0.717) is 22.8 Å². The maximum Gasteiger partial charge on any atom is 0.271 e. The van der Waals surface area contributed by atoms with Gasteiger partial charge in [-0.1, -0.05) is 6.07 Å². The first-order valence-electron chi connectivity index (χ1n) is 8.45. The van der Waals surface area contributed by atoms with E-state index in [-0.39, 0.29) is 24.2 Å². The number of thiophene rings is 1. The summed E-state index contributed by atoms with van der Waals surface area (Å²) in [5, 5.41) is 17.2. The first-order valence-corrected chi connectivity index (χ1v) is 9.33. The second kappa shape index (κ2) is 8.85. The summed E-state index contributed by atoms with van der Waals surface area (Å²) in [5.41, 5.74) is 1.89. The highest BCUT2D eigenvalue weighted by Crippen LogP contribution is 2.25. The predicted octanol–water partition coefficient (Wildman–Crippen LogP) is 2.00. The van der Waals surface area contributed by atoms with E-state index in [1.807, 2.05) is 23.6 Å². The van der Waals surface area contributed by atoms with Gasteiger partial charge in [-0.3, -0.25) is 9.78 Å². The normalized spacial score (nSPS) is 13.3. The zero-order chi connectivity index (χ0) is 19.2. The van der Waals surface area contributed by atoms with E-state index >= 15 is 0 Å². The molecule has 0 aromatic carbocycles. The van der Waals surface area contributed by atoms with Crippen LogP contribution in [-0.4, -0.2) is 52.3 Å². The summed E-state index contributed by atoms with van der Waals surface area (Å²) >= 11 is 1.40. The van der Waals surface area contributed by atoms with Crippen molar-refractivity contribution in [3.8, 4) is 0 Å². The van der Waals surface area contributed by atoms with Gasteiger partial charge in [0.1, 0.15) is 0 Å². The summed E-state index contributed by atoms with van der Waals surface area (Å²) in [6.45, 7) is 2.15. The van der Waals surface area contributed by atoms with Crippen molar-refractivity contribution in [1.82, 2.24) is 20.3 Å². The van der Waals surface area contributed by atoms with Crippen molar-refractivity contribution < 1.29 is 14.6 Å². The van der Waals surface area contributed by atoms with E-state index in [4.69, 9.17) is 4.74 Å². The summed E-state index contributed by atoms with van der Waals surface area (Å²) in [7, 11) is 1.61. The van der Waals surface area contributed by atoms with Crippen LogP contribution in [0.4, 0.5) is 5.95 Å². The van der Waals surface area contributed by atoms with Crippen LogP contribution >= 0.6 is 11.3 Å². The molecule has 0 radical (unpaired) electrons. The zero-order valence-electron chi connectivity index (χ0n) is 15.0. The van der Waals surface area contributed by atoms with E-state index in [9.17, 15) is 9.90 Å². The third-order valence-corrected chi connectivity index (χ3v) is 4.71. The van der Waals surface area contributed by atoms with Crippen LogP contribution < -0.4 is 10.6 Å². The number of pyridine rings is 1. The number of aliphatic hydroxyl groups is 1. The van der Waals surface area contributed by atoms with Crippen LogP contribution in [0.3, 0.4) is 0 Å². The fraction of sp³-hybridized carbons (Fsp3) is 0.333. The summed E-state index contributed by atoms with van der Waals surface area (Å²) in [5.74, 6) is -0.0209. The Hall–Kier alpha value is -2.62. The molecule has 0 fully saturated rings. The number of nitrogens with one attached hydrogen (secondary N) is 2. The minimum Gasteiger partial charge on any atom is -0.392 e. The molecule has 0 bridgehead atoms. The molecule has 27 heavy (non-hydrogen) atoms. The quantitative estimate of drug-likeness (QED) is 0.542. The molecule has 3 aromatic rings. The molecular formula is C18H21N5O3S. The average molecular weight is 387 g/mol. The molecule has 0 saturated carbocycles. The third kappa shape index (κ3) is 4.76. The molecule has 142 valence electrons. The standard InChI is InChI=1S/C18H21N5O3S/c1-11(24)8-20-17(25)15-16-13(5-7-27-16)21-18(23-15)22-14(10-26-2)12-4-3-6-19-9-12/h3-7,9,11,14,24H,8,10H2,1-2H3,(H,20,25)(H,21,22,23)/t11-,14-/m1/s1. The molecule has 0 saturated heterocycles. The van der Waals surface area contributed by atoms with Gasteiger partial charge in [0.05, 0.1) is 29.0 Å². The van der Waals surface area contributed by atoms with Crippen LogP contribution in [0.1, 0.15) is 29.0 Å². The number of methoxy groups -OCH3 is 1. The lowest BCUT2D eigenvalue weighted by molar-refractivity contribution is 0.0921. The molecule has 0 spiro atoms. The lowest BCUT2D eigenvalue weighted by Gasteiger charge is -2.18. The van der Waals surface area contributed by atoms with Gasteiger partial charge in [0.2, 0.25) is 5.95 Å². The summed E-state index contributed by atoms with van der Waals surface area (Å²) in [6, 6.07) is 5.40. The van der Waals surface area contributed by atoms with Gasteiger partial charge in [0.15, 0.2) is 5.69 Å². The van der Waals surface area contributed by atoms with E-state index in [2.05, 4.69) is 25.6 Å². The molecule has 3 heterocycles. The number of fused-ring (bicyclic) bond motifs is 1. The first kappa shape index (κ1) is 19.2. The van der Waals surface area contributed by atoms with Crippen LogP contribution in [-0.2, 0) is 4.74 Å². The first-order chi connectivity index (χ1) is 13.1. The monoisotopic (exact) mass is 387 g/mol. The number of hydrogen-bond donors (Lipinski definition) is 3. The fourth-order valence-electron chi connectivity index (χ4n) is 2.53. The number of ether oxygens (including phenoxy) is 1. The van der Waals surface area contributed by atoms with Gasteiger partial charge in [0.25, 0.3) is 5.91 Å². The lowest BCUT2D eigenvalue weighted by atomic mass is 10.1. The van der Waals surface area contributed by atoms with E-state index < -0.39 is 6.10 Å². The van der Waals surface area contributed by atoms with Gasteiger partial charge < -0.3 is 20.5 Å². The highest BCUT2D eigenvalue weighted by atomic mass is 32.1. The van der Waals surface area contributed by atoms with Crippen molar-refractivity contribution in [3.63, 3.8) is 0 Å². The number of aromatic nitrogens is 3. The average Bonchev–Trinajstić information content (AvgIpc) is 3.14. The Morgan fingerprint density at radius 2 is 2.22 bits per heavy atom. The van der Waals surface area contributed by atoms with Gasteiger partial charge in [-0.15, -0.1) is 11.3 Å². The number of aliphatic hydroxyl groups excluding tert-OH is 1. The molecule has 9 heteroatoms. The molecule has 3 aromatic heterocycles. The minimum absolute atomic E-state index is 0.153. The number of carbonyl (C=O) groups is 1. The second-order valence-electron chi connectivity index (χ2n) is 6.03. The number of carbonyl (C=O) groups excluding carboxylic acids is 1. The van der Waals surface area contributed by atoms with Gasteiger partial charge in [-0.25, -0.2) is 9.97 Å². The number of anilines is 1. The van der Waals surface area contributed by atoms with Crippen LogP contribution in [0, 0.1) is 0 Å².